The van der Waals surface area contributed by atoms with E-state index in [0.29, 0.717) is 6.42 Å². The van der Waals surface area contributed by atoms with Gasteiger partial charge >= 0.3 is 6.47 Å². The molecule has 0 fully saturated rings. The molecule has 0 heterocycles. The van der Waals surface area contributed by atoms with E-state index in [4.69, 9.17) is 4.55 Å². The van der Waals surface area contributed by atoms with E-state index >= 15 is 0 Å². The predicted octanol–water partition coefficient (Wildman–Crippen LogP) is 0.127. The fourth-order valence-corrected chi connectivity index (χ4v) is 1.26. The Morgan fingerprint density at radius 1 is 1.58 bits per heavy atom. The summed E-state index contributed by atoms with van der Waals surface area (Å²) >= 11 is 0. The van der Waals surface area contributed by atoms with Crippen LogP contribution in [0.3, 0.4) is 0 Å². The number of carbonyl (C=O) groups excluding carboxylic acids is 1. The molecule has 0 saturated heterocycles. The van der Waals surface area contributed by atoms with Crippen LogP contribution >= 0.6 is 0 Å². The highest BCUT2D eigenvalue weighted by atomic mass is 32.2. The van der Waals surface area contributed by atoms with Crippen LogP contribution < -0.4 is 0 Å². The molecule has 0 aliphatic rings. The molecule has 0 amide bonds. The smallest absolute Gasteiger partial charge is 0.417 e. The zero-order chi connectivity index (χ0) is 9.61. The molecule has 1 atom stereocenters. The van der Waals surface area contributed by atoms with Crippen LogP contribution in [0.15, 0.2) is 0 Å². The molecule has 0 aliphatic heterocycles. The molecule has 1 unspecified atom stereocenters. The zero-order valence-electron chi connectivity index (χ0n) is 6.69. The van der Waals surface area contributed by atoms with E-state index in [1.807, 2.05) is 0 Å². The number of hydrogen-bond donors (Lipinski definition) is 1. The van der Waals surface area contributed by atoms with E-state index in [1.54, 1.807) is 6.92 Å². The van der Waals surface area contributed by atoms with Crippen molar-refractivity contribution >= 4 is 16.6 Å². The quantitative estimate of drug-likeness (QED) is 0.609. The minimum atomic E-state index is -3.96. The van der Waals surface area contributed by atoms with Gasteiger partial charge in [-0.3, -0.25) is 4.55 Å². The molecule has 0 saturated carbocycles. The van der Waals surface area contributed by atoms with Gasteiger partial charge in [-0.05, 0) is 6.42 Å². The lowest BCUT2D eigenvalue weighted by molar-refractivity contribution is 0.168. The maximum Gasteiger partial charge on any atom is 0.417 e. The van der Waals surface area contributed by atoms with Gasteiger partial charge in [0.2, 0.25) is 0 Å². The van der Waals surface area contributed by atoms with E-state index in [1.165, 1.54) is 6.47 Å². The van der Waals surface area contributed by atoms with Crippen LogP contribution in [0.4, 0.5) is 0 Å². The molecule has 5 nitrogen and oxygen atoms in total. The lowest BCUT2D eigenvalue weighted by Crippen LogP contribution is -2.16. The first-order chi connectivity index (χ1) is 5.49. The van der Waals surface area contributed by atoms with Crippen molar-refractivity contribution < 1.29 is 22.5 Å². The first-order valence-electron chi connectivity index (χ1n) is 3.47. The van der Waals surface area contributed by atoms with Gasteiger partial charge in [0.05, 0.1) is 5.75 Å². The largest absolute Gasteiger partial charge is 0.454 e. The zero-order valence-corrected chi connectivity index (χ0v) is 7.50. The Kier molecular flexibility index (Phi) is 4.84. The van der Waals surface area contributed by atoms with Gasteiger partial charge in [0, 0.05) is 6.42 Å². The molecule has 0 aromatic rings. The van der Waals surface area contributed by atoms with Gasteiger partial charge in [-0.1, -0.05) is 6.92 Å². The summed E-state index contributed by atoms with van der Waals surface area (Å²) in [7, 11) is -3.96. The second-order valence-electron chi connectivity index (χ2n) is 2.31. The SMILES string of the molecule is CCC(CCS(=O)(=O)O)O[C]=O. The Morgan fingerprint density at radius 3 is 2.50 bits per heavy atom. The molecule has 0 rings (SSSR count). The molecular weight excluding hydrogens is 184 g/mol. The van der Waals surface area contributed by atoms with Crippen LogP contribution in [0.25, 0.3) is 0 Å². The molecular formula is C6H11O5S. The van der Waals surface area contributed by atoms with Crippen molar-refractivity contribution in [3.8, 4) is 0 Å². The van der Waals surface area contributed by atoms with Crippen molar-refractivity contribution in [1.29, 1.82) is 0 Å². The molecule has 1 N–H and O–H groups in total. The van der Waals surface area contributed by atoms with Crippen molar-refractivity contribution in [2.75, 3.05) is 5.75 Å². The predicted molar refractivity (Wildman–Crippen MR) is 41.9 cm³/mol. The van der Waals surface area contributed by atoms with Crippen molar-refractivity contribution in [1.82, 2.24) is 0 Å². The fraction of sp³-hybridized carbons (Fsp3) is 0.833. The Labute approximate surface area is 71.5 Å². The molecule has 0 aromatic heterocycles. The molecule has 71 valence electrons. The van der Waals surface area contributed by atoms with Crippen LogP contribution in [-0.2, 0) is 19.6 Å². The number of ether oxygens (including phenoxy) is 1. The molecule has 1 radical (unpaired) electrons. The van der Waals surface area contributed by atoms with Gasteiger partial charge in [-0.2, -0.15) is 8.42 Å². The normalized spacial score (nSPS) is 13.8. The molecule has 0 bridgehead atoms. The minimum Gasteiger partial charge on any atom is -0.454 e. The third-order valence-corrected chi connectivity index (χ3v) is 2.12. The summed E-state index contributed by atoms with van der Waals surface area (Å²) in [5, 5.41) is 0. The molecule has 0 aromatic carbocycles. The third kappa shape index (κ3) is 6.11. The van der Waals surface area contributed by atoms with Gasteiger partial charge in [-0.25, -0.2) is 4.79 Å². The fourth-order valence-electron chi connectivity index (χ4n) is 0.695. The van der Waals surface area contributed by atoms with Crippen LogP contribution in [0.2, 0.25) is 0 Å². The Balaban J connectivity index is 3.80. The highest BCUT2D eigenvalue weighted by molar-refractivity contribution is 7.85. The highest BCUT2D eigenvalue weighted by Crippen LogP contribution is 2.03. The first-order valence-corrected chi connectivity index (χ1v) is 5.08. The van der Waals surface area contributed by atoms with E-state index < -0.39 is 22.0 Å². The van der Waals surface area contributed by atoms with E-state index in [0.717, 1.165) is 0 Å². The first kappa shape index (κ1) is 11.4. The second-order valence-corrected chi connectivity index (χ2v) is 3.88. The molecule has 0 spiro atoms. The van der Waals surface area contributed by atoms with Crippen molar-refractivity contribution in [2.24, 2.45) is 0 Å². The second kappa shape index (κ2) is 5.10. The van der Waals surface area contributed by atoms with Crippen molar-refractivity contribution in [2.45, 2.75) is 25.9 Å². The van der Waals surface area contributed by atoms with Crippen LogP contribution in [-0.4, -0.2) is 31.3 Å². The summed E-state index contributed by atoms with van der Waals surface area (Å²) in [5.41, 5.74) is 0. The van der Waals surface area contributed by atoms with Crippen molar-refractivity contribution in [3.05, 3.63) is 0 Å². The Bertz CT molecular complexity index is 220. The van der Waals surface area contributed by atoms with E-state index in [-0.39, 0.29) is 6.42 Å². The van der Waals surface area contributed by atoms with Crippen LogP contribution in [0.1, 0.15) is 19.8 Å². The summed E-state index contributed by atoms with van der Waals surface area (Å²) < 4.78 is 33.3. The average molecular weight is 195 g/mol. The number of hydrogen-bond acceptors (Lipinski definition) is 4. The van der Waals surface area contributed by atoms with Gasteiger partial charge in [0.15, 0.2) is 0 Å². The van der Waals surface area contributed by atoms with Crippen molar-refractivity contribution in [3.63, 3.8) is 0 Å². The molecule has 0 aliphatic carbocycles. The van der Waals surface area contributed by atoms with Gasteiger partial charge in [0.1, 0.15) is 6.10 Å². The van der Waals surface area contributed by atoms with Crippen LogP contribution in [0, 0.1) is 0 Å². The Hall–Kier alpha value is -0.620. The molecule has 12 heavy (non-hydrogen) atoms. The number of rotatable bonds is 6. The van der Waals surface area contributed by atoms with Gasteiger partial charge in [-0.15, -0.1) is 0 Å². The van der Waals surface area contributed by atoms with E-state index in [2.05, 4.69) is 4.74 Å². The maximum absolute atomic E-state index is 10.3. The third-order valence-electron chi connectivity index (χ3n) is 1.37. The summed E-state index contributed by atoms with van der Waals surface area (Å²) in [6.45, 7) is 2.97. The Morgan fingerprint density at radius 2 is 2.17 bits per heavy atom. The summed E-state index contributed by atoms with van der Waals surface area (Å²) in [5.74, 6) is -0.396. The summed E-state index contributed by atoms with van der Waals surface area (Å²) in [6.07, 6.45) is 0.124. The molecule has 6 heteroatoms. The summed E-state index contributed by atoms with van der Waals surface area (Å²) in [6, 6.07) is 0. The monoisotopic (exact) mass is 195 g/mol. The van der Waals surface area contributed by atoms with Crippen LogP contribution in [0.5, 0.6) is 0 Å². The topological polar surface area (TPSA) is 80.7 Å². The summed E-state index contributed by atoms with van der Waals surface area (Å²) in [4.78, 5) is 9.74. The van der Waals surface area contributed by atoms with Gasteiger partial charge in [0.25, 0.3) is 10.1 Å². The van der Waals surface area contributed by atoms with E-state index in [9.17, 15) is 13.2 Å². The lowest BCUT2D eigenvalue weighted by Gasteiger charge is -2.09. The standard InChI is InChI=1S/C6H11O5S/c1-2-6(11-5-7)3-4-12(8,9)10/h6H,2-4H2,1H3,(H,8,9,10). The maximum atomic E-state index is 10.3. The highest BCUT2D eigenvalue weighted by Gasteiger charge is 2.12. The minimum absolute atomic E-state index is 0.102. The average Bonchev–Trinajstić information content (AvgIpc) is 1.96. The lowest BCUT2D eigenvalue weighted by atomic mass is 10.2. The van der Waals surface area contributed by atoms with Gasteiger partial charge < -0.3 is 4.74 Å².